The summed E-state index contributed by atoms with van der Waals surface area (Å²) in [5, 5.41) is 6.74. The van der Waals surface area contributed by atoms with Gasteiger partial charge in [0.05, 0.1) is 7.11 Å². The molecule has 0 aromatic heterocycles. The van der Waals surface area contributed by atoms with Gasteiger partial charge < -0.3 is 4.74 Å². The van der Waals surface area contributed by atoms with E-state index in [1.165, 1.54) is 7.11 Å². The Labute approximate surface area is 39.6 Å². The van der Waals surface area contributed by atoms with Crippen LogP contribution >= 0.6 is 9.24 Å². The van der Waals surface area contributed by atoms with Crippen molar-refractivity contribution in [2.24, 2.45) is 0 Å². The van der Waals surface area contributed by atoms with Gasteiger partial charge in [-0.25, -0.2) is 0 Å². The van der Waals surface area contributed by atoms with Crippen LogP contribution in [0.1, 0.15) is 0 Å². The van der Waals surface area contributed by atoms with Crippen molar-refractivity contribution in [2.45, 2.75) is 0 Å². The molecule has 0 fully saturated rings. The zero-order valence-electron chi connectivity index (χ0n) is 3.69. The van der Waals surface area contributed by atoms with E-state index in [0.29, 0.717) is 12.1 Å². The van der Waals surface area contributed by atoms with Crippen molar-refractivity contribution >= 4 is 15.1 Å². The highest BCUT2D eigenvalue weighted by Crippen LogP contribution is 1.80. The van der Waals surface area contributed by atoms with Gasteiger partial charge in [-0.3, -0.25) is 5.41 Å². The molecule has 0 aliphatic rings. The fourth-order valence-electron chi connectivity index (χ4n) is 0.0833. The average Bonchev–Trinajstić information content (AvgIpc) is 1.65. The molecule has 1 atom stereocenters. The normalized spacial score (nSPS) is 7.67. The molecule has 6 heavy (non-hydrogen) atoms. The molecule has 0 saturated heterocycles. The van der Waals surface area contributed by atoms with Crippen molar-refractivity contribution in [3.8, 4) is 0 Å². The Morgan fingerprint density at radius 3 is 2.50 bits per heavy atom. The van der Waals surface area contributed by atoms with E-state index in [1.54, 1.807) is 0 Å². The summed E-state index contributed by atoms with van der Waals surface area (Å²) in [6, 6.07) is 0. The molecule has 0 heterocycles. The lowest BCUT2D eigenvalue weighted by molar-refractivity contribution is 0.397. The summed E-state index contributed by atoms with van der Waals surface area (Å²) >= 11 is 0. The lowest BCUT2D eigenvalue weighted by Gasteiger charge is -1.91. The quantitative estimate of drug-likeness (QED) is 0.294. The van der Waals surface area contributed by atoms with Gasteiger partial charge in [-0.15, -0.1) is 9.24 Å². The summed E-state index contributed by atoms with van der Waals surface area (Å²) in [7, 11) is 3.88. The topological polar surface area (TPSA) is 33.1 Å². The van der Waals surface area contributed by atoms with Crippen molar-refractivity contribution in [3.63, 3.8) is 0 Å². The Morgan fingerprint density at radius 1 is 2.00 bits per heavy atom. The Kier molecular flexibility index (Phi) is 3.05. The molecule has 0 aliphatic carbocycles. The summed E-state index contributed by atoms with van der Waals surface area (Å²) in [4.78, 5) is 0. The van der Waals surface area contributed by atoms with Gasteiger partial charge in [-0.1, -0.05) is 0 Å². The molecule has 0 bridgehead atoms. The molecule has 0 rings (SSSR count). The Hall–Kier alpha value is -0.100. The molecule has 36 valence electrons. The average molecular weight is 105 g/mol. The molecule has 0 aliphatic heterocycles. The maximum Gasteiger partial charge on any atom is 0.183 e. The predicted molar refractivity (Wildman–Crippen MR) is 29.3 cm³/mol. The van der Waals surface area contributed by atoms with Crippen molar-refractivity contribution in [2.75, 3.05) is 13.3 Å². The number of hydrogen-bond acceptors (Lipinski definition) is 2. The number of hydrogen-bond donors (Lipinski definition) is 1. The van der Waals surface area contributed by atoms with Gasteiger partial charge in [0.2, 0.25) is 0 Å². The minimum Gasteiger partial charge on any atom is -0.484 e. The molecular formula is C3H8NOP. The third kappa shape index (κ3) is 2.16. The summed E-state index contributed by atoms with van der Waals surface area (Å²) in [6.07, 6.45) is 0.608. The van der Waals surface area contributed by atoms with Crippen LogP contribution in [0.15, 0.2) is 0 Å². The van der Waals surface area contributed by atoms with E-state index in [9.17, 15) is 0 Å². The first kappa shape index (κ1) is 5.90. The zero-order valence-corrected chi connectivity index (χ0v) is 4.85. The summed E-state index contributed by atoms with van der Waals surface area (Å²) < 4.78 is 4.46. The number of rotatable bonds is 1. The van der Waals surface area contributed by atoms with E-state index in [4.69, 9.17) is 5.41 Å². The van der Waals surface area contributed by atoms with Crippen molar-refractivity contribution in [1.29, 1.82) is 5.41 Å². The maximum atomic E-state index is 6.74. The highest BCUT2D eigenvalue weighted by atomic mass is 31.0. The standard InChI is InChI=1S/C3H8NOP/c1-5-3(4)2-6/h4H,2,6H2,1H3. The van der Waals surface area contributed by atoms with E-state index in [-0.39, 0.29) is 0 Å². The van der Waals surface area contributed by atoms with Gasteiger partial charge in [0.1, 0.15) is 0 Å². The Balaban J connectivity index is 2.99. The summed E-state index contributed by atoms with van der Waals surface area (Å²) in [6.45, 7) is 0. The lowest BCUT2D eigenvalue weighted by Crippen LogP contribution is -1.97. The lowest BCUT2D eigenvalue weighted by atomic mass is 10.8. The molecule has 0 aromatic carbocycles. The third-order valence-electron chi connectivity index (χ3n) is 0.432. The molecule has 1 N–H and O–H groups in total. The molecule has 0 spiro atoms. The van der Waals surface area contributed by atoms with Gasteiger partial charge in [-0.2, -0.15) is 0 Å². The first-order valence-electron chi connectivity index (χ1n) is 1.62. The van der Waals surface area contributed by atoms with Crippen LogP contribution in [-0.4, -0.2) is 19.2 Å². The first-order valence-corrected chi connectivity index (χ1v) is 2.44. The van der Waals surface area contributed by atoms with Crippen molar-refractivity contribution in [1.82, 2.24) is 0 Å². The van der Waals surface area contributed by atoms with E-state index < -0.39 is 0 Å². The second-order valence-corrected chi connectivity index (χ2v) is 1.24. The summed E-state index contributed by atoms with van der Waals surface area (Å²) in [5.74, 6) is 0.306. The van der Waals surface area contributed by atoms with Gasteiger partial charge in [-0.05, 0) is 0 Å². The van der Waals surface area contributed by atoms with Crippen LogP contribution in [0.5, 0.6) is 0 Å². The third-order valence-corrected chi connectivity index (χ3v) is 0.803. The van der Waals surface area contributed by atoms with Crippen molar-refractivity contribution in [3.05, 3.63) is 0 Å². The van der Waals surface area contributed by atoms with E-state index >= 15 is 0 Å². The highest BCUT2D eigenvalue weighted by molar-refractivity contribution is 7.18. The molecule has 1 unspecified atom stereocenters. The number of nitrogens with one attached hydrogen (secondary N) is 1. The second-order valence-electron chi connectivity index (χ2n) is 0.831. The minimum absolute atomic E-state index is 0.306. The molecule has 0 radical (unpaired) electrons. The van der Waals surface area contributed by atoms with E-state index in [2.05, 4.69) is 14.0 Å². The smallest absolute Gasteiger partial charge is 0.183 e. The predicted octanol–water partition coefficient (Wildman–Crippen LogP) is 0.485. The second kappa shape index (κ2) is 3.10. The molecule has 2 nitrogen and oxygen atoms in total. The molecule has 0 amide bonds. The van der Waals surface area contributed by atoms with Crippen LogP contribution in [0.2, 0.25) is 0 Å². The fraction of sp³-hybridized carbons (Fsp3) is 0.667. The van der Waals surface area contributed by atoms with Crippen LogP contribution in [-0.2, 0) is 4.74 Å². The van der Waals surface area contributed by atoms with Gasteiger partial charge in [0.15, 0.2) is 5.90 Å². The molecular weight excluding hydrogens is 97.0 g/mol. The first-order chi connectivity index (χ1) is 2.81. The van der Waals surface area contributed by atoms with Gasteiger partial charge in [0, 0.05) is 6.16 Å². The minimum atomic E-state index is 0.306. The van der Waals surface area contributed by atoms with Crippen LogP contribution in [0.4, 0.5) is 0 Å². The number of methoxy groups -OCH3 is 1. The van der Waals surface area contributed by atoms with Crippen LogP contribution in [0.3, 0.4) is 0 Å². The van der Waals surface area contributed by atoms with E-state index in [1.807, 2.05) is 0 Å². The summed E-state index contributed by atoms with van der Waals surface area (Å²) in [5.41, 5.74) is 0. The Morgan fingerprint density at radius 2 is 2.50 bits per heavy atom. The van der Waals surface area contributed by atoms with Crippen LogP contribution in [0.25, 0.3) is 0 Å². The monoisotopic (exact) mass is 105 g/mol. The largest absolute Gasteiger partial charge is 0.484 e. The van der Waals surface area contributed by atoms with Crippen LogP contribution < -0.4 is 0 Å². The highest BCUT2D eigenvalue weighted by Gasteiger charge is 1.81. The van der Waals surface area contributed by atoms with Crippen LogP contribution in [0, 0.1) is 5.41 Å². The van der Waals surface area contributed by atoms with Crippen molar-refractivity contribution < 1.29 is 4.74 Å². The molecule has 0 aromatic rings. The fourth-order valence-corrected chi connectivity index (χ4v) is 0.250. The zero-order chi connectivity index (χ0) is 4.99. The molecule has 3 heteroatoms. The van der Waals surface area contributed by atoms with Gasteiger partial charge in [0.25, 0.3) is 0 Å². The SMILES string of the molecule is COC(=N)CP. The molecule has 0 saturated carbocycles. The van der Waals surface area contributed by atoms with Gasteiger partial charge >= 0.3 is 0 Å². The Bertz CT molecular complexity index is 48.8. The maximum absolute atomic E-state index is 6.74. The number of ether oxygens (including phenoxy) is 1. The van der Waals surface area contributed by atoms with E-state index in [0.717, 1.165) is 0 Å².